The minimum Gasteiger partial charge on any atom is -0.210 e. The quantitative estimate of drug-likeness (QED) is 0.650. The van der Waals surface area contributed by atoms with Crippen LogP contribution < -0.4 is 0 Å². The summed E-state index contributed by atoms with van der Waals surface area (Å²) in [4.78, 5) is 0. The van der Waals surface area contributed by atoms with Gasteiger partial charge in [-0.2, -0.15) is 0 Å². The van der Waals surface area contributed by atoms with Gasteiger partial charge in [0.2, 0.25) is 6.43 Å². The van der Waals surface area contributed by atoms with Gasteiger partial charge in [0.25, 0.3) is 0 Å². The van der Waals surface area contributed by atoms with E-state index < -0.39 is 12.3 Å². The molecule has 0 aliphatic heterocycles. The molecule has 3 rings (SSSR count). The Labute approximate surface area is 111 Å². The van der Waals surface area contributed by atoms with Gasteiger partial charge in [-0.3, -0.25) is 0 Å². The Kier molecular flexibility index (Phi) is 3.09. The summed E-state index contributed by atoms with van der Waals surface area (Å²) in [6.07, 6.45) is 3.92. The molecule has 0 bridgehead atoms. The van der Waals surface area contributed by atoms with Gasteiger partial charge in [-0.05, 0) is 41.9 Å². The predicted molar refractivity (Wildman–Crippen MR) is 69.6 cm³/mol. The van der Waals surface area contributed by atoms with Crippen LogP contribution in [-0.2, 0) is 5.41 Å². The third kappa shape index (κ3) is 1.77. The lowest BCUT2D eigenvalue weighted by molar-refractivity contribution is 0.101. The van der Waals surface area contributed by atoms with Crippen molar-refractivity contribution in [1.82, 2.24) is 0 Å². The molecule has 0 amide bonds. The first-order valence-corrected chi connectivity index (χ1v) is 7.09. The molecule has 18 heavy (non-hydrogen) atoms. The summed E-state index contributed by atoms with van der Waals surface area (Å²) in [5.74, 6) is -0.660. The zero-order valence-corrected chi connectivity index (χ0v) is 11.0. The number of fused-ring (bicyclic) bond motifs is 2. The highest BCUT2D eigenvalue weighted by Gasteiger charge is 2.47. The van der Waals surface area contributed by atoms with Crippen molar-refractivity contribution in [2.75, 3.05) is 0 Å². The fraction of sp³-hybridized carbons (Fsp3) is 0.600. The number of benzene rings is 1. The standard InChI is InChI=1S/C15H17ClF2/c16-12-6-4-5-11-13(12)10(14(17)18)9-15(11)7-2-1-3-8-15/h4-6,10,14H,1-3,7-9H2. The molecule has 2 aliphatic carbocycles. The van der Waals surface area contributed by atoms with Gasteiger partial charge in [-0.15, -0.1) is 0 Å². The summed E-state index contributed by atoms with van der Waals surface area (Å²) in [6, 6.07) is 5.68. The maximum absolute atomic E-state index is 13.3. The van der Waals surface area contributed by atoms with Gasteiger partial charge in [-0.1, -0.05) is 43.0 Å². The van der Waals surface area contributed by atoms with Crippen molar-refractivity contribution in [3.8, 4) is 0 Å². The number of rotatable bonds is 1. The van der Waals surface area contributed by atoms with E-state index >= 15 is 0 Å². The summed E-state index contributed by atoms with van der Waals surface area (Å²) < 4.78 is 26.6. The van der Waals surface area contributed by atoms with E-state index in [-0.39, 0.29) is 5.41 Å². The fourth-order valence-corrected chi connectivity index (χ4v) is 4.24. The van der Waals surface area contributed by atoms with E-state index in [1.807, 2.05) is 12.1 Å². The summed E-state index contributed by atoms with van der Waals surface area (Å²) in [5.41, 5.74) is 1.83. The number of hydrogen-bond donors (Lipinski definition) is 0. The van der Waals surface area contributed by atoms with Gasteiger partial charge in [-0.25, -0.2) is 8.78 Å². The first kappa shape index (κ1) is 12.4. The van der Waals surface area contributed by atoms with Gasteiger partial charge in [0.05, 0.1) is 0 Å². The number of hydrogen-bond acceptors (Lipinski definition) is 0. The first-order valence-electron chi connectivity index (χ1n) is 6.71. The molecular formula is C15H17ClF2. The smallest absolute Gasteiger partial charge is 0.210 e. The molecule has 1 fully saturated rings. The van der Waals surface area contributed by atoms with Crippen LogP contribution in [0, 0.1) is 0 Å². The van der Waals surface area contributed by atoms with Gasteiger partial charge >= 0.3 is 0 Å². The Morgan fingerprint density at radius 2 is 1.89 bits per heavy atom. The van der Waals surface area contributed by atoms with Crippen molar-refractivity contribution in [2.45, 2.75) is 56.3 Å². The minimum atomic E-state index is -2.30. The van der Waals surface area contributed by atoms with Crippen LogP contribution in [-0.4, -0.2) is 6.43 Å². The van der Waals surface area contributed by atoms with Crippen molar-refractivity contribution < 1.29 is 8.78 Å². The summed E-state index contributed by atoms with van der Waals surface area (Å²) in [6.45, 7) is 0. The molecule has 2 aliphatic rings. The Bertz CT molecular complexity index is 450. The zero-order valence-electron chi connectivity index (χ0n) is 10.3. The van der Waals surface area contributed by atoms with Crippen LogP contribution in [0.15, 0.2) is 18.2 Å². The van der Waals surface area contributed by atoms with Gasteiger partial charge in [0.15, 0.2) is 0 Å². The number of alkyl halides is 2. The van der Waals surface area contributed by atoms with Crippen molar-refractivity contribution in [3.63, 3.8) is 0 Å². The normalized spacial score (nSPS) is 25.7. The molecule has 0 heterocycles. The van der Waals surface area contributed by atoms with Crippen LogP contribution in [0.2, 0.25) is 5.02 Å². The van der Waals surface area contributed by atoms with E-state index in [2.05, 4.69) is 0 Å². The lowest BCUT2D eigenvalue weighted by Crippen LogP contribution is -2.26. The molecule has 0 aromatic heterocycles. The molecule has 1 aromatic rings. The SMILES string of the molecule is FC(F)C1CC2(CCCCC2)c2cccc(Cl)c21. The van der Waals surface area contributed by atoms with Crippen molar-refractivity contribution in [1.29, 1.82) is 0 Å². The van der Waals surface area contributed by atoms with Crippen LogP contribution in [0.5, 0.6) is 0 Å². The van der Waals surface area contributed by atoms with E-state index in [9.17, 15) is 8.78 Å². The van der Waals surface area contributed by atoms with Gasteiger partial charge in [0, 0.05) is 10.9 Å². The van der Waals surface area contributed by atoms with E-state index in [0.29, 0.717) is 11.4 Å². The van der Waals surface area contributed by atoms with E-state index in [4.69, 9.17) is 11.6 Å². The minimum absolute atomic E-state index is 0.0143. The van der Waals surface area contributed by atoms with Crippen molar-refractivity contribution in [2.24, 2.45) is 0 Å². The zero-order chi connectivity index (χ0) is 12.8. The predicted octanol–water partition coefficient (Wildman–Crippen LogP) is 5.29. The van der Waals surface area contributed by atoms with E-state index in [1.165, 1.54) is 6.42 Å². The molecule has 0 N–H and O–H groups in total. The number of halogens is 3. The van der Waals surface area contributed by atoms with Gasteiger partial charge in [0.1, 0.15) is 0 Å². The van der Waals surface area contributed by atoms with E-state index in [0.717, 1.165) is 36.8 Å². The Balaban J connectivity index is 2.10. The Morgan fingerprint density at radius 3 is 2.56 bits per heavy atom. The molecule has 1 atom stereocenters. The Morgan fingerprint density at radius 1 is 1.17 bits per heavy atom. The molecule has 0 radical (unpaired) electrons. The molecule has 98 valence electrons. The largest absolute Gasteiger partial charge is 0.245 e. The molecule has 0 nitrogen and oxygen atoms in total. The summed E-state index contributed by atoms with van der Waals surface area (Å²) >= 11 is 6.18. The maximum atomic E-state index is 13.3. The van der Waals surface area contributed by atoms with E-state index in [1.54, 1.807) is 6.07 Å². The third-order valence-corrected chi connectivity index (χ3v) is 5.05. The molecule has 1 aromatic carbocycles. The van der Waals surface area contributed by atoms with Crippen LogP contribution >= 0.6 is 11.6 Å². The van der Waals surface area contributed by atoms with Crippen LogP contribution in [0.4, 0.5) is 8.78 Å². The second-order valence-corrected chi connectivity index (χ2v) is 6.09. The highest BCUT2D eigenvalue weighted by atomic mass is 35.5. The topological polar surface area (TPSA) is 0 Å². The van der Waals surface area contributed by atoms with Gasteiger partial charge < -0.3 is 0 Å². The highest BCUT2D eigenvalue weighted by Crippen LogP contribution is 2.56. The fourth-order valence-electron chi connectivity index (χ4n) is 3.93. The van der Waals surface area contributed by atoms with Crippen LogP contribution in [0.1, 0.15) is 55.6 Å². The lowest BCUT2D eigenvalue weighted by Gasteiger charge is -2.34. The van der Waals surface area contributed by atoms with Crippen LogP contribution in [0.3, 0.4) is 0 Å². The monoisotopic (exact) mass is 270 g/mol. The third-order valence-electron chi connectivity index (χ3n) is 4.72. The Hall–Kier alpha value is -0.630. The molecule has 1 spiro atoms. The average molecular weight is 271 g/mol. The second-order valence-electron chi connectivity index (χ2n) is 5.69. The van der Waals surface area contributed by atoms with Crippen LogP contribution in [0.25, 0.3) is 0 Å². The summed E-state index contributed by atoms with van der Waals surface area (Å²) in [7, 11) is 0. The molecular weight excluding hydrogens is 254 g/mol. The van der Waals surface area contributed by atoms with Crippen molar-refractivity contribution in [3.05, 3.63) is 34.3 Å². The average Bonchev–Trinajstić information content (AvgIpc) is 2.67. The highest BCUT2D eigenvalue weighted by molar-refractivity contribution is 6.31. The molecule has 0 saturated heterocycles. The maximum Gasteiger partial charge on any atom is 0.245 e. The summed E-state index contributed by atoms with van der Waals surface area (Å²) in [5, 5.41) is 0.528. The second kappa shape index (κ2) is 4.48. The lowest BCUT2D eigenvalue weighted by atomic mass is 9.70. The molecule has 3 heteroatoms. The van der Waals surface area contributed by atoms with Crippen molar-refractivity contribution >= 4 is 11.6 Å². The molecule has 1 saturated carbocycles. The first-order chi connectivity index (χ1) is 8.64. The molecule has 1 unspecified atom stereocenters.